The minimum Gasteiger partial charge on any atom is -0.327 e. The van der Waals surface area contributed by atoms with Gasteiger partial charge in [0, 0.05) is 11.6 Å². The molecule has 0 amide bonds. The molecule has 4 N–H and O–H groups in total. The molecule has 162 valence electrons. The van der Waals surface area contributed by atoms with Gasteiger partial charge in [0.2, 0.25) is 0 Å². The Bertz CT molecular complexity index is 1050. The highest BCUT2D eigenvalue weighted by Gasteiger charge is 2.20. The minimum absolute atomic E-state index is 0.217. The molecule has 0 fully saturated rings. The van der Waals surface area contributed by atoms with E-state index in [1.54, 1.807) is 0 Å². The molecule has 32 heavy (non-hydrogen) atoms. The van der Waals surface area contributed by atoms with Crippen LogP contribution in [-0.2, 0) is 24.8 Å². The van der Waals surface area contributed by atoms with Gasteiger partial charge in [-0.05, 0) is 59.6 Å². The fraction of sp³-hybridized carbons (Fsp3) is 0.200. The summed E-state index contributed by atoms with van der Waals surface area (Å²) in [4.78, 5) is 0. The summed E-state index contributed by atoms with van der Waals surface area (Å²) in [7, 11) is 0. The SMILES string of the molecule is CC(N)(Cc1ccccc1)c1ccccc1.NC1Cc2ccc(cc2)-c2ccc(cc2)C1. The first-order valence-electron chi connectivity index (χ1n) is 11.3. The highest BCUT2D eigenvalue weighted by atomic mass is 14.7. The van der Waals surface area contributed by atoms with E-state index in [4.69, 9.17) is 11.5 Å². The molecule has 0 saturated carbocycles. The Balaban J connectivity index is 0.000000153. The predicted octanol–water partition coefficient (Wildman–Crippen LogP) is 5.88. The van der Waals surface area contributed by atoms with Crippen LogP contribution < -0.4 is 11.5 Å². The standard InChI is InChI=1S/C15H15N.C15H17N/c16-15-9-11-1-5-13(6-2-11)14-7-3-12(10-15)4-8-14;1-15(16,14-10-6-3-7-11-14)12-13-8-4-2-5-9-13/h1-8,15H,9-10,16H2;2-11H,12,16H2,1H3. The second-order valence-electron chi connectivity index (χ2n) is 9.01. The van der Waals surface area contributed by atoms with Crippen molar-refractivity contribution in [2.75, 3.05) is 0 Å². The summed E-state index contributed by atoms with van der Waals surface area (Å²) in [6.07, 6.45) is 2.78. The number of hydrogen-bond donors (Lipinski definition) is 2. The lowest BCUT2D eigenvalue weighted by Gasteiger charge is -2.25. The Hall–Kier alpha value is -3.20. The van der Waals surface area contributed by atoms with Gasteiger partial charge < -0.3 is 11.5 Å². The zero-order valence-corrected chi connectivity index (χ0v) is 18.7. The Labute approximate surface area is 191 Å². The molecule has 2 heteroatoms. The van der Waals surface area contributed by atoms with Crippen molar-refractivity contribution in [2.45, 2.75) is 37.8 Å². The summed E-state index contributed by atoms with van der Waals surface area (Å²) in [6.45, 7) is 2.08. The van der Waals surface area contributed by atoms with Gasteiger partial charge in [0.05, 0.1) is 0 Å². The quantitative estimate of drug-likeness (QED) is 0.435. The van der Waals surface area contributed by atoms with Crippen LogP contribution in [0.25, 0.3) is 11.1 Å². The molecular weight excluding hydrogens is 388 g/mol. The molecule has 0 aliphatic heterocycles. The number of rotatable bonds is 3. The lowest BCUT2D eigenvalue weighted by Crippen LogP contribution is -2.35. The monoisotopic (exact) mass is 420 g/mol. The van der Waals surface area contributed by atoms with Crippen molar-refractivity contribution in [1.29, 1.82) is 0 Å². The molecular formula is C30H32N2. The van der Waals surface area contributed by atoms with Crippen molar-refractivity contribution in [2.24, 2.45) is 11.5 Å². The summed E-state index contributed by atoms with van der Waals surface area (Å²) in [5.41, 5.74) is 19.9. The minimum atomic E-state index is -0.303. The Morgan fingerprint density at radius 1 is 0.656 bits per heavy atom. The molecule has 4 aromatic carbocycles. The van der Waals surface area contributed by atoms with Crippen LogP contribution in [0.5, 0.6) is 0 Å². The van der Waals surface area contributed by atoms with Crippen LogP contribution >= 0.6 is 0 Å². The van der Waals surface area contributed by atoms with Gasteiger partial charge in [-0.3, -0.25) is 0 Å². The topological polar surface area (TPSA) is 52.0 Å². The average molecular weight is 421 g/mol. The third-order valence-corrected chi connectivity index (χ3v) is 6.08. The van der Waals surface area contributed by atoms with Crippen LogP contribution in [-0.4, -0.2) is 6.04 Å². The van der Waals surface area contributed by atoms with Crippen molar-refractivity contribution in [3.8, 4) is 11.1 Å². The normalized spacial score (nSPS) is 14.7. The number of hydrogen-bond acceptors (Lipinski definition) is 2. The van der Waals surface area contributed by atoms with Gasteiger partial charge in [-0.25, -0.2) is 0 Å². The molecule has 0 saturated heterocycles. The lowest BCUT2D eigenvalue weighted by molar-refractivity contribution is 0.491. The second-order valence-corrected chi connectivity index (χ2v) is 9.01. The van der Waals surface area contributed by atoms with Crippen LogP contribution in [0.3, 0.4) is 0 Å². The largest absolute Gasteiger partial charge is 0.327 e. The van der Waals surface area contributed by atoms with E-state index >= 15 is 0 Å². The van der Waals surface area contributed by atoms with Crippen LogP contribution in [0.15, 0.2) is 109 Å². The highest BCUT2D eigenvalue weighted by molar-refractivity contribution is 5.64. The molecule has 4 aliphatic carbocycles. The number of nitrogens with two attached hydrogens (primary N) is 2. The third-order valence-electron chi connectivity index (χ3n) is 6.08. The van der Waals surface area contributed by atoms with Crippen molar-refractivity contribution in [3.63, 3.8) is 0 Å². The fourth-order valence-corrected chi connectivity index (χ4v) is 4.29. The van der Waals surface area contributed by atoms with E-state index in [0.717, 1.165) is 19.3 Å². The molecule has 1 atom stereocenters. The maximum absolute atomic E-state index is 6.37. The summed E-state index contributed by atoms with van der Waals surface area (Å²) in [6, 6.07) is 38.3. The van der Waals surface area contributed by atoms with Gasteiger partial charge in [0.1, 0.15) is 0 Å². The number of benzene rings is 4. The lowest BCUT2D eigenvalue weighted by atomic mass is 9.87. The molecule has 8 rings (SSSR count). The first-order chi connectivity index (χ1) is 15.5. The van der Waals surface area contributed by atoms with E-state index in [2.05, 4.69) is 91.9 Å². The molecule has 4 bridgehead atoms. The van der Waals surface area contributed by atoms with E-state index in [1.165, 1.54) is 33.4 Å². The fourth-order valence-electron chi connectivity index (χ4n) is 4.29. The predicted molar refractivity (Wildman–Crippen MR) is 135 cm³/mol. The van der Waals surface area contributed by atoms with Gasteiger partial charge in [-0.2, -0.15) is 0 Å². The zero-order chi connectivity index (χ0) is 22.4. The van der Waals surface area contributed by atoms with Crippen molar-refractivity contribution in [3.05, 3.63) is 131 Å². The molecule has 0 spiro atoms. The van der Waals surface area contributed by atoms with Crippen molar-refractivity contribution >= 4 is 0 Å². The van der Waals surface area contributed by atoms with Crippen LogP contribution in [0, 0.1) is 0 Å². The van der Waals surface area contributed by atoms with Gasteiger partial charge in [0.25, 0.3) is 0 Å². The molecule has 0 radical (unpaired) electrons. The molecule has 0 heterocycles. The van der Waals surface area contributed by atoms with E-state index in [1.807, 2.05) is 24.3 Å². The van der Waals surface area contributed by atoms with Crippen LogP contribution in [0.1, 0.15) is 29.2 Å². The highest BCUT2D eigenvalue weighted by Crippen LogP contribution is 2.23. The molecule has 4 aliphatic rings. The van der Waals surface area contributed by atoms with E-state index < -0.39 is 0 Å². The molecule has 2 nitrogen and oxygen atoms in total. The Kier molecular flexibility index (Phi) is 6.84. The molecule has 1 unspecified atom stereocenters. The van der Waals surface area contributed by atoms with Crippen molar-refractivity contribution < 1.29 is 0 Å². The molecule has 0 aromatic heterocycles. The van der Waals surface area contributed by atoms with Crippen molar-refractivity contribution in [1.82, 2.24) is 0 Å². The zero-order valence-electron chi connectivity index (χ0n) is 18.7. The smallest absolute Gasteiger partial charge is 0.0421 e. The van der Waals surface area contributed by atoms with Gasteiger partial charge in [-0.1, -0.05) is 109 Å². The summed E-state index contributed by atoms with van der Waals surface area (Å²) >= 11 is 0. The summed E-state index contributed by atoms with van der Waals surface area (Å²) in [5.74, 6) is 0. The van der Waals surface area contributed by atoms with Gasteiger partial charge in [0.15, 0.2) is 0 Å². The van der Waals surface area contributed by atoms with Gasteiger partial charge in [-0.15, -0.1) is 0 Å². The van der Waals surface area contributed by atoms with Gasteiger partial charge >= 0.3 is 0 Å². The first kappa shape index (κ1) is 22.0. The summed E-state index contributed by atoms with van der Waals surface area (Å²) < 4.78 is 0. The first-order valence-corrected chi connectivity index (χ1v) is 11.3. The van der Waals surface area contributed by atoms with Crippen LogP contribution in [0.2, 0.25) is 0 Å². The maximum Gasteiger partial charge on any atom is 0.0421 e. The average Bonchev–Trinajstić information content (AvgIpc) is 2.89. The second kappa shape index (κ2) is 9.95. The maximum atomic E-state index is 6.37. The Morgan fingerprint density at radius 3 is 1.56 bits per heavy atom. The van der Waals surface area contributed by atoms with E-state index in [-0.39, 0.29) is 11.6 Å². The van der Waals surface area contributed by atoms with E-state index in [9.17, 15) is 0 Å². The third kappa shape index (κ3) is 5.73. The Morgan fingerprint density at radius 2 is 1.09 bits per heavy atom. The van der Waals surface area contributed by atoms with E-state index in [0.29, 0.717) is 0 Å². The molecule has 4 aromatic rings. The van der Waals surface area contributed by atoms with Crippen LogP contribution in [0.4, 0.5) is 0 Å². The summed E-state index contributed by atoms with van der Waals surface area (Å²) in [5, 5.41) is 0.